The van der Waals surface area contributed by atoms with Gasteiger partial charge in [-0.3, -0.25) is 9.59 Å². The van der Waals surface area contributed by atoms with Crippen LogP contribution in [0.15, 0.2) is 47.4 Å². The first-order valence-electron chi connectivity index (χ1n) is 7.49. The van der Waals surface area contributed by atoms with E-state index in [0.29, 0.717) is 28.6 Å². The predicted octanol–water partition coefficient (Wildman–Crippen LogP) is 4.69. The third-order valence-corrected chi connectivity index (χ3v) is 4.58. The van der Waals surface area contributed by atoms with Gasteiger partial charge in [0.15, 0.2) is 11.5 Å². The van der Waals surface area contributed by atoms with Gasteiger partial charge in [-0.25, -0.2) is 4.90 Å². The lowest BCUT2D eigenvalue weighted by molar-refractivity contribution is -0.113. The highest BCUT2D eigenvalue weighted by atomic mass is 35.5. The molecule has 1 aliphatic rings. The monoisotopic (exact) mass is 375 g/mol. The number of amides is 2. The number of phenolic OH excluding ortho intramolecular Hbond substituents is 1. The number of nitrogens with zero attached hydrogens (tertiary/aromatic N) is 1. The molecule has 1 heterocycles. The van der Waals surface area contributed by atoms with Gasteiger partial charge in [0, 0.05) is 5.02 Å². The fourth-order valence-electron chi connectivity index (χ4n) is 2.33. The van der Waals surface area contributed by atoms with Crippen LogP contribution in [-0.2, 0) is 4.79 Å². The smallest absolute Gasteiger partial charge is 0.298 e. The number of hydrogen-bond acceptors (Lipinski definition) is 5. The number of aromatic hydroxyl groups is 1. The van der Waals surface area contributed by atoms with Gasteiger partial charge in [-0.05, 0) is 66.7 Å². The largest absolute Gasteiger partial charge is 0.504 e. The van der Waals surface area contributed by atoms with Crippen LogP contribution in [0.4, 0.5) is 10.5 Å². The summed E-state index contributed by atoms with van der Waals surface area (Å²) in [6.07, 6.45) is 1.57. The van der Waals surface area contributed by atoms with Crippen molar-refractivity contribution in [1.29, 1.82) is 0 Å². The Bertz CT molecular complexity index is 864. The van der Waals surface area contributed by atoms with Crippen molar-refractivity contribution in [3.05, 3.63) is 58.0 Å². The number of carbonyl (C=O) groups excluding carboxylic acids is 2. The van der Waals surface area contributed by atoms with Gasteiger partial charge in [0.1, 0.15) is 0 Å². The van der Waals surface area contributed by atoms with Gasteiger partial charge in [0.2, 0.25) is 0 Å². The molecular weight excluding hydrogens is 362 g/mol. The molecule has 0 aromatic heterocycles. The van der Waals surface area contributed by atoms with E-state index >= 15 is 0 Å². The van der Waals surface area contributed by atoms with Crippen LogP contribution in [0.5, 0.6) is 11.5 Å². The Balaban J connectivity index is 1.87. The van der Waals surface area contributed by atoms with Gasteiger partial charge >= 0.3 is 0 Å². The first-order valence-corrected chi connectivity index (χ1v) is 8.68. The van der Waals surface area contributed by atoms with Crippen molar-refractivity contribution in [2.75, 3.05) is 11.5 Å². The molecule has 7 heteroatoms. The predicted molar refractivity (Wildman–Crippen MR) is 99.2 cm³/mol. The highest BCUT2D eigenvalue weighted by molar-refractivity contribution is 8.19. The summed E-state index contributed by atoms with van der Waals surface area (Å²) in [5.74, 6) is -0.0628. The van der Waals surface area contributed by atoms with Crippen molar-refractivity contribution < 1.29 is 19.4 Å². The summed E-state index contributed by atoms with van der Waals surface area (Å²) < 4.78 is 5.27. The second-order valence-electron chi connectivity index (χ2n) is 5.15. The van der Waals surface area contributed by atoms with E-state index in [1.807, 2.05) is 6.92 Å². The maximum atomic E-state index is 12.6. The summed E-state index contributed by atoms with van der Waals surface area (Å²) in [6.45, 7) is 2.26. The van der Waals surface area contributed by atoms with E-state index in [-0.39, 0.29) is 15.9 Å². The van der Waals surface area contributed by atoms with E-state index in [1.165, 1.54) is 6.07 Å². The zero-order valence-corrected chi connectivity index (χ0v) is 14.8. The van der Waals surface area contributed by atoms with Crippen molar-refractivity contribution in [1.82, 2.24) is 0 Å². The second kappa shape index (κ2) is 7.21. The lowest BCUT2D eigenvalue weighted by Gasteiger charge is -2.12. The molecule has 1 fully saturated rings. The van der Waals surface area contributed by atoms with Gasteiger partial charge in [-0.2, -0.15) is 0 Å². The van der Waals surface area contributed by atoms with E-state index in [2.05, 4.69) is 0 Å². The number of ether oxygens (including phenoxy) is 1. The highest BCUT2D eigenvalue weighted by Crippen LogP contribution is 2.37. The molecule has 0 aliphatic carbocycles. The van der Waals surface area contributed by atoms with Gasteiger partial charge in [0.25, 0.3) is 11.1 Å². The third kappa shape index (κ3) is 3.65. The Morgan fingerprint density at radius 1 is 1.20 bits per heavy atom. The fourth-order valence-corrected chi connectivity index (χ4v) is 3.30. The van der Waals surface area contributed by atoms with E-state index in [1.54, 1.807) is 42.5 Å². The molecule has 0 radical (unpaired) electrons. The summed E-state index contributed by atoms with van der Waals surface area (Å²) in [5.41, 5.74) is 1.06. The molecule has 0 bridgehead atoms. The molecule has 0 saturated carbocycles. The molecule has 1 saturated heterocycles. The molecule has 3 rings (SSSR count). The van der Waals surface area contributed by atoms with Crippen molar-refractivity contribution >= 4 is 46.3 Å². The summed E-state index contributed by atoms with van der Waals surface area (Å²) in [7, 11) is 0. The quantitative estimate of drug-likeness (QED) is 0.785. The fraction of sp³-hybridized carbons (Fsp3) is 0.111. The number of anilines is 1. The Morgan fingerprint density at radius 2 is 1.92 bits per heavy atom. The van der Waals surface area contributed by atoms with Crippen molar-refractivity contribution in [2.24, 2.45) is 0 Å². The molecule has 1 aliphatic heterocycles. The van der Waals surface area contributed by atoms with Gasteiger partial charge in [-0.1, -0.05) is 17.7 Å². The highest BCUT2D eigenvalue weighted by Gasteiger charge is 2.36. The molecule has 0 spiro atoms. The zero-order chi connectivity index (χ0) is 18.0. The van der Waals surface area contributed by atoms with Crippen molar-refractivity contribution in [3.63, 3.8) is 0 Å². The average molecular weight is 376 g/mol. The number of rotatable bonds is 4. The summed E-state index contributed by atoms with van der Waals surface area (Å²) in [6, 6.07) is 11.3. The van der Waals surface area contributed by atoms with Gasteiger partial charge in [0.05, 0.1) is 17.2 Å². The first kappa shape index (κ1) is 17.4. The number of halogens is 1. The minimum atomic E-state index is -0.411. The maximum Gasteiger partial charge on any atom is 0.298 e. The SMILES string of the molecule is CCOc1ccc(/C=C2\SC(=O)N(c3ccc(Cl)cc3)C2=O)cc1O. The molecular formula is C18H14ClNO4S. The topological polar surface area (TPSA) is 66.8 Å². The Kier molecular flexibility index (Phi) is 5.01. The first-order chi connectivity index (χ1) is 12.0. The van der Waals surface area contributed by atoms with Crippen LogP contribution in [0.1, 0.15) is 12.5 Å². The number of thioether (sulfide) groups is 1. The van der Waals surface area contributed by atoms with Crippen LogP contribution in [0.25, 0.3) is 6.08 Å². The van der Waals surface area contributed by atoms with E-state index in [0.717, 1.165) is 16.7 Å². The number of phenols is 1. The van der Waals surface area contributed by atoms with Crippen LogP contribution >= 0.6 is 23.4 Å². The van der Waals surface area contributed by atoms with E-state index < -0.39 is 5.91 Å². The Labute approximate surface area is 153 Å². The summed E-state index contributed by atoms with van der Waals surface area (Å²) >= 11 is 6.69. The Hall–Kier alpha value is -2.44. The summed E-state index contributed by atoms with van der Waals surface area (Å²) in [5, 5.41) is 10.1. The molecule has 2 amide bonds. The van der Waals surface area contributed by atoms with E-state index in [4.69, 9.17) is 16.3 Å². The van der Waals surface area contributed by atoms with E-state index in [9.17, 15) is 14.7 Å². The number of hydrogen-bond donors (Lipinski definition) is 1. The molecule has 2 aromatic carbocycles. The van der Waals surface area contributed by atoms with Gasteiger partial charge in [-0.15, -0.1) is 0 Å². The lowest BCUT2D eigenvalue weighted by atomic mass is 10.2. The molecule has 0 atom stereocenters. The number of benzene rings is 2. The maximum absolute atomic E-state index is 12.6. The van der Waals surface area contributed by atoms with Crippen molar-refractivity contribution in [2.45, 2.75) is 6.92 Å². The van der Waals surface area contributed by atoms with Crippen molar-refractivity contribution in [3.8, 4) is 11.5 Å². The molecule has 128 valence electrons. The molecule has 5 nitrogen and oxygen atoms in total. The minimum absolute atomic E-state index is 0.0208. The van der Waals surface area contributed by atoms with Crippen LogP contribution in [0, 0.1) is 0 Å². The molecule has 1 N–H and O–H groups in total. The number of carbonyl (C=O) groups is 2. The standard InChI is InChI=1S/C18H14ClNO4S/c1-2-24-15-8-3-11(9-14(15)21)10-16-17(22)20(18(23)25-16)13-6-4-12(19)5-7-13/h3-10,21H,2H2,1H3/b16-10-. The second-order valence-corrected chi connectivity index (χ2v) is 6.58. The Morgan fingerprint density at radius 3 is 2.56 bits per heavy atom. The molecule has 0 unspecified atom stereocenters. The molecule has 2 aromatic rings. The van der Waals surface area contributed by atoms with Crippen LogP contribution < -0.4 is 9.64 Å². The zero-order valence-electron chi connectivity index (χ0n) is 13.2. The summed E-state index contributed by atoms with van der Waals surface area (Å²) in [4.78, 5) is 26.1. The third-order valence-electron chi connectivity index (χ3n) is 3.46. The molecule has 25 heavy (non-hydrogen) atoms. The normalized spacial score (nSPS) is 15.9. The minimum Gasteiger partial charge on any atom is -0.504 e. The van der Waals surface area contributed by atoms with Gasteiger partial charge < -0.3 is 9.84 Å². The van der Waals surface area contributed by atoms with Crippen LogP contribution in [0.3, 0.4) is 0 Å². The number of imide groups is 1. The lowest BCUT2D eigenvalue weighted by Crippen LogP contribution is -2.27. The van der Waals surface area contributed by atoms with Crippen LogP contribution in [-0.4, -0.2) is 22.9 Å². The van der Waals surface area contributed by atoms with Crippen LogP contribution in [0.2, 0.25) is 5.02 Å². The average Bonchev–Trinajstić information content (AvgIpc) is 2.85.